The summed E-state index contributed by atoms with van der Waals surface area (Å²) in [5, 5.41) is 0. The predicted molar refractivity (Wildman–Crippen MR) is 135 cm³/mol. The van der Waals surface area contributed by atoms with Gasteiger partial charge in [0.1, 0.15) is 11.9 Å². The van der Waals surface area contributed by atoms with Gasteiger partial charge in [0.15, 0.2) is 0 Å². The van der Waals surface area contributed by atoms with Gasteiger partial charge in [-0.2, -0.15) is 0 Å². The largest absolute Gasteiger partial charge is 0.469 e. The van der Waals surface area contributed by atoms with Crippen LogP contribution >= 0.6 is 0 Å². The highest BCUT2D eigenvalue weighted by Crippen LogP contribution is 2.68. The second-order valence-corrected chi connectivity index (χ2v) is 12.8. The van der Waals surface area contributed by atoms with E-state index in [1.165, 1.54) is 20.0 Å². The zero-order valence-electron chi connectivity index (χ0n) is 22.9. The normalized spacial score (nSPS) is 43.5. The zero-order chi connectivity index (χ0) is 25.5. The molecule has 4 fully saturated rings. The standard InChI is InChI=1S/C30H48O5/c1-7-20-24-17-19(35-25(31)8-2)13-15-30(24,5)23-14-16-29(4)21(18(3)9-12-26(32)34-6)10-11-22(29)27(23)28(20)33/h18-24,27H,7-17H2,1-6H3/t18?,19-,20-,21-,22+,23+,24+,27+,29-,30-/m1/s1. The van der Waals surface area contributed by atoms with Crippen LogP contribution in [0, 0.1) is 52.3 Å². The van der Waals surface area contributed by atoms with Crippen LogP contribution in [0.25, 0.3) is 0 Å². The van der Waals surface area contributed by atoms with E-state index >= 15 is 0 Å². The fourth-order valence-electron chi connectivity index (χ4n) is 9.62. The Balaban J connectivity index is 1.56. The highest BCUT2D eigenvalue weighted by molar-refractivity contribution is 5.86. The molecular formula is C30H48O5. The lowest BCUT2D eigenvalue weighted by atomic mass is 9.42. The predicted octanol–water partition coefficient (Wildman–Crippen LogP) is 6.37. The van der Waals surface area contributed by atoms with E-state index in [1.54, 1.807) is 0 Å². The number of rotatable bonds is 7. The minimum Gasteiger partial charge on any atom is -0.469 e. The maximum absolute atomic E-state index is 14.2. The lowest BCUT2D eigenvalue weighted by Crippen LogP contribution is -2.60. The summed E-state index contributed by atoms with van der Waals surface area (Å²) >= 11 is 0. The smallest absolute Gasteiger partial charge is 0.305 e. The van der Waals surface area contributed by atoms with E-state index in [2.05, 4.69) is 27.7 Å². The second kappa shape index (κ2) is 10.2. The van der Waals surface area contributed by atoms with Crippen LogP contribution in [0.2, 0.25) is 0 Å². The maximum atomic E-state index is 14.2. The van der Waals surface area contributed by atoms with Crippen molar-refractivity contribution in [2.24, 2.45) is 52.3 Å². The molecule has 0 aromatic heterocycles. The van der Waals surface area contributed by atoms with Crippen LogP contribution in [0.1, 0.15) is 105 Å². The van der Waals surface area contributed by atoms with Gasteiger partial charge in [0.05, 0.1) is 7.11 Å². The SMILES string of the molecule is CCC(=O)O[C@@H]1CC[C@]2(C)[C@H]3CC[C@]4(C)[C@@H](C(C)CCC(=O)OC)CC[C@H]4[C@@H]3C(=O)[C@H](CC)[C@@H]2C1. The second-order valence-electron chi connectivity index (χ2n) is 12.8. The molecule has 35 heavy (non-hydrogen) atoms. The minimum atomic E-state index is -0.118. The number of ether oxygens (including phenoxy) is 2. The van der Waals surface area contributed by atoms with Gasteiger partial charge < -0.3 is 9.47 Å². The lowest BCUT2D eigenvalue weighted by Gasteiger charge is -2.62. The van der Waals surface area contributed by atoms with Crippen LogP contribution in [0.5, 0.6) is 0 Å². The van der Waals surface area contributed by atoms with Crippen molar-refractivity contribution in [2.45, 2.75) is 111 Å². The maximum Gasteiger partial charge on any atom is 0.305 e. The lowest BCUT2D eigenvalue weighted by molar-refractivity contribution is -0.179. The van der Waals surface area contributed by atoms with Crippen LogP contribution < -0.4 is 0 Å². The highest BCUT2D eigenvalue weighted by Gasteiger charge is 2.65. The number of carbonyl (C=O) groups excluding carboxylic acids is 3. The molecule has 0 heterocycles. The van der Waals surface area contributed by atoms with E-state index in [1.807, 2.05) is 6.92 Å². The van der Waals surface area contributed by atoms with Crippen LogP contribution in [-0.4, -0.2) is 30.9 Å². The molecule has 4 aliphatic rings. The molecule has 0 amide bonds. The third-order valence-electron chi connectivity index (χ3n) is 11.5. The molecule has 0 N–H and O–H groups in total. The van der Waals surface area contributed by atoms with Crippen molar-refractivity contribution in [3.05, 3.63) is 0 Å². The van der Waals surface area contributed by atoms with Gasteiger partial charge >= 0.3 is 11.9 Å². The van der Waals surface area contributed by atoms with Gasteiger partial charge in [-0.05, 0) is 98.2 Å². The Hall–Kier alpha value is -1.39. The number of carbonyl (C=O) groups is 3. The first kappa shape index (κ1) is 26.7. The molecule has 5 nitrogen and oxygen atoms in total. The number of Topliss-reactive ketones (excluding diaryl/α,β-unsaturated/α-hetero) is 1. The van der Waals surface area contributed by atoms with Crippen LogP contribution in [0.4, 0.5) is 0 Å². The Labute approximate surface area is 212 Å². The molecule has 0 radical (unpaired) electrons. The summed E-state index contributed by atoms with van der Waals surface area (Å²) in [6.45, 7) is 11.3. The topological polar surface area (TPSA) is 69.7 Å². The van der Waals surface area contributed by atoms with E-state index in [0.717, 1.165) is 44.9 Å². The summed E-state index contributed by atoms with van der Waals surface area (Å²) in [5.41, 5.74) is 0.339. The van der Waals surface area contributed by atoms with Crippen molar-refractivity contribution in [3.8, 4) is 0 Å². The first-order valence-corrected chi connectivity index (χ1v) is 14.4. The van der Waals surface area contributed by atoms with Gasteiger partial charge in [0.25, 0.3) is 0 Å². The molecule has 0 bridgehead atoms. The minimum absolute atomic E-state index is 0.0284. The van der Waals surface area contributed by atoms with Gasteiger partial charge in [-0.3, -0.25) is 14.4 Å². The molecule has 10 atom stereocenters. The van der Waals surface area contributed by atoms with Crippen molar-refractivity contribution < 1.29 is 23.9 Å². The molecule has 0 spiro atoms. The van der Waals surface area contributed by atoms with E-state index in [-0.39, 0.29) is 40.7 Å². The van der Waals surface area contributed by atoms with E-state index in [0.29, 0.717) is 48.2 Å². The summed E-state index contributed by atoms with van der Waals surface area (Å²) in [4.78, 5) is 38.0. The van der Waals surface area contributed by atoms with Crippen molar-refractivity contribution >= 4 is 17.7 Å². The van der Waals surface area contributed by atoms with Crippen molar-refractivity contribution in [1.29, 1.82) is 0 Å². The van der Waals surface area contributed by atoms with E-state index in [9.17, 15) is 14.4 Å². The average molecular weight is 489 g/mol. The number of ketones is 1. The highest BCUT2D eigenvalue weighted by atomic mass is 16.5. The van der Waals surface area contributed by atoms with Gasteiger partial charge in [-0.25, -0.2) is 0 Å². The monoisotopic (exact) mass is 488 g/mol. The van der Waals surface area contributed by atoms with Gasteiger partial charge in [0.2, 0.25) is 0 Å². The summed E-state index contributed by atoms with van der Waals surface area (Å²) in [5.74, 6) is 2.82. The Morgan fingerprint density at radius 2 is 1.66 bits per heavy atom. The van der Waals surface area contributed by atoms with Crippen LogP contribution in [-0.2, 0) is 23.9 Å². The summed E-state index contributed by atoms with van der Waals surface area (Å²) in [6.07, 6.45) is 10.1. The number of fused-ring (bicyclic) bond motifs is 5. The Kier molecular flexibility index (Phi) is 7.75. The molecule has 0 saturated heterocycles. The molecule has 198 valence electrons. The molecule has 1 unspecified atom stereocenters. The Morgan fingerprint density at radius 1 is 0.971 bits per heavy atom. The summed E-state index contributed by atoms with van der Waals surface area (Å²) in [6, 6.07) is 0. The quantitative estimate of drug-likeness (QED) is 0.389. The fourth-order valence-corrected chi connectivity index (χ4v) is 9.62. The molecule has 4 rings (SSSR count). The third-order valence-corrected chi connectivity index (χ3v) is 11.5. The van der Waals surface area contributed by atoms with E-state index < -0.39 is 0 Å². The number of hydrogen-bond acceptors (Lipinski definition) is 5. The van der Waals surface area contributed by atoms with E-state index in [4.69, 9.17) is 9.47 Å². The summed E-state index contributed by atoms with van der Waals surface area (Å²) in [7, 11) is 1.47. The Morgan fingerprint density at radius 3 is 2.31 bits per heavy atom. The number of hydrogen-bond donors (Lipinski definition) is 0. The molecule has 4 aliphatic carbocycles. The van der Waals surface area contributed by atoms with Crippen molar-refractivity contribution in [3.63, 3.8) is 0 Å². The fraction of sp³-hybridized carbons (Fsp3) is 0.900. The Bertz CT molecular complexity index is 822. The summed E-state index contributed by atoms with van der Waals surface area (Å²) < 4.78 is 10.7. The molecule has 0 aromatic rings. The van der Waals surface area contributed by atoms with Gasteiger partial charge in [-0.1, -0.05) is 34.6 Å². The average Bonchev–Trinajstić information content (AvgIpc) is 3.20. The zero-order valence-corrected chi connectivity index (χ0v) is 22.9. The molecule has 5 heteroatoms. The number of esters is 2. The van der Waals surface area contributed by atoms with Crippen molar-refractivity contribution in [2.75, 3.05) is 7.11 Å². The first-order valence-electron chi connectivity index (χ1n) is 14.4. The van der Waals surface area contributed by atoms with Gasteiger partial charge in [-0.15, -0.1) is 0 Å². The number of methoxy groups -OCH3 is 1. The van der Waals surface area contributed by atoms with Crippen LogP contribution in [0.15, 0.2) is 0 Å². The molecule has 4 saturated carbocycles. The van der Waals surface area contributed by atoms with Gasteiger partial charge in [0, 0.05) is 24.7 Å². The van der Waals surface area contributed by atoms with Crippen LogP contribution in [0.3, 0.4) is 0 Å². The van der Waals surface area contributed by atoms with Crippen molar-refractivity contribution in [1.82, 2.24) is 0 Å². The molecular weight excluding hydrogens is 440 g/mol. The first-order chi connectivity index (χ1) is 16.6. The third kappa shape index (κ3) is 4.48. The molecule has 0 aromatic carbocycles. The molecule has 0 aliphatic heterocycles.